The Balaban J connectivity index is 1.64. The Bertz CT molecular complexity index is 714. The molecule has 3 aromatic carbocycles. The molecule has 0 aliphatic heterocycles. The number of benzene rings is 3. The Morgan fingerprint density at radius 1 is 0.750 bits per heavy atom. The van der Waals surface area contributed by atoms with Gasteiger partial charge in [-0.05, 0) is 34.5 Å². The molecule has 1 nitrogen and oxygen atoms in total. The summed E-state index contributed by atoms with van der Waals surface area (Å²) in [5.74, 6) is 0.904. The predicted molar refractivity (Wildman–Crippen MR) is 84.9 cm³/mol. The summed E-state index contributed by atoms with van der Waals surface area (Å²) in [6.45, 7) is 0.577. The zero-order chi connectivity index (χ0) is 13.6. The van der Waals surface area contributed by atoms with Gasteiger partial charge in [-0.2, -0.15) is 0 Å². The van der Waals surface area contributed by atoms with E-state index in [0.29, 0.717) is 6.61 Å². The molecular weight excluding hydrogens is 244 g/mol. The van der Waals surface area contributed by atoms with Crippen LogP contribution in [0.5, 0.6) is 5.75 Å². The largest absolute Gasteiger partial charge is 0.490 e. The predicted octanol–water partition coefficient (Wildman–Crippen LogP) is 4.93. The van der Waals surface area contributed by atoms with E-state index in [1.807, 2.05) is 42.5 Å². The van der Waals surface area contributed by atoms with Crippen LogP contribution in [0.15, 0.2) is 78.9 Å². The highest BCUT2D eigenvalue weighted by Crippen LogP contribution is 2.20. The molecule has 0 aliphatic carbocycles. The molecule has 0 amide bonds. The van der Waals surface area contributed by atoms with Crippen LogP contribution in [-0.4, -0.2) is 6.61 Å². The lowest BCUT2D eigenvalue weighted by molar-refractivity contribution is 0.364. The number of fused-ring (bicyclic) bond motifs is 1. The number of hydrogen-bond donors (Lipinski definition) is 0. The fraction of sp³-hybridized carbons (Fsp3) is 0.0526. The zero-order valence-corrected chi connectivity index (χ0v) is 11.2. The van der Waals surface area contributed by atoms with Crippen LogP contribution >= 0.6 is 0 Å². The molecule has 20 heavy (non-hydrogen) atoms. The summed E-state index contributed by atoms with van der Waals surface area (Å²) in [6.07, 6.45) is 4.10. The van der Waals surface area contributed by atoms with Crippen molar-refractivity contribution >= 4 is 16.8 Å². The van der Waals surface area contributed by atoms with Crippen molar-refractivity contribution in [3.05, 3.63) is 84.4 Å². The van der Waals surface area contributed by atoms with E-state index in [0.717, 1.165) is 5.75 Å². The molecule has 98 valence electrons. The quantitative estimate of drug-likeness (QED) is 0.646. The van der Waals surface area contributed by atoms with Crippen LogP contribution in [0.1, 0.15) is 5.56 Å². The summed E-state index contributed by atoms with van der Waals surface area (Å²) < 4.78 is 5.75. The fourth-order valence-corrected chi connectivity index (χ4v) is 2.15. The molecule has 1 heteroatoms. The van der Waals surface area contributed by atoms with E-state index in [9.17, 15) is 0 Å². The number of hydrogen-bond acceptors (Lipinski definition) is 1. The van der Waals surface area contributed by atoms with Gasteiger partial charge in [0, 0.05) is 0 Å². The molecular formula is C19H16O. The molecule has 0 saturated heterocycles. The Kier molecular flexibility index (Phi) is 3.79. The molecule has 0 aromatic heterocycles. The number of ether oxygens (including phenoxy) is 1. The minimum absolute atomic E-state index is 0.577. The van der Waals surface area contributed by atoms with E-state index in [4.69, 9.17) is 4.74 Å². The molecule has 3 aromatic rings. The van der Waals surface area contributed by atoms with E-state index in [2.05, 4.69) is 42.5 Å². The summed E-state index contributed by atoms with van der Waals surface area (Å²) in [6, 6.07) is 24.7. The highest BCUT2D eigenvalue weighted by atomic mass is 16.5. The average molecular weight is 260 g/mol. The molecule has 0 aliphatic rings. The lowest BCUT2D eigenvalue weighted by Gasteiger charge is -2.04. The number of rotatable bonds is 4. The van der Waals surface area contributed by atoms with Crippen molar-refractivity contribution in [1.82, 2.24) is 0 Å². The van der Waals surface area contributed by atoms with E-state index in [1.165, 1.54) is 16.3 Å². The first-order valence-corrected chi connectivity index (χ1v) is 6.75. The molecule has 3 rings (SSSR count). The third-order valence-corrected chi connectivity index (χ3v) is 3.18. The van der Waals surface area contributed by atoms with Crippen molar-refractivity contribution in [3.8, 4) is 5.75 Å². The summed E-state index contributed by atoms with van der Waals surface area (Å²) in [4.78, 5) is 0. The highest BCUT2D eigenvalue weighted by molar-refractivity contribution is 5.83. The molecule has 0 radical (unpaired) electrons. The molecule has 0 saturated carbocycles. The van der Waals surface area contributed by atoms with Gasteiger partial charge < -0.3 is 4.74 Å². The lowest BCUT2D eigenvalue weighted by atomic mass is 10.1. The van der Waals surface area contributed by atoms with Crippen molar-refractivity contribution in [1.29, 1.82) is 0 Å². The van der Waals surface area contributed by atoms with Gasteiger partial charge in [-0.15, -0.1) is 0 Å². The second-order valence-electron chi connectivity index (χ2n) is 4.63. The van der Waals surface area contributed by atoms with Gasteiger partial charge in [0.05, 0.1) is 0 Å². The second-order valence-corrected chi connectivity index (χ2v) is 4.63. The van der Waals surface area contributed by atoms with Crippen molar-refractivity contribution in [2.75, 3.05) is 6.61 Å². The van der Waals surface area contributed by atoms with Crippen LogP contribution in [0.4, 0.5) is 0 Å². The minimum atomic E-state index is 0.577. The molecule has 0 atom stereocenters. The Morgan fingerprint density at radius 3 is 2.35 bits per heavy atom. The van der Waals surface area contributed by atoms with Crippen molar-refractivity contribution in [2.45, 2.75) is 0 Å². The normalized spacial score (nSPS) is 11.0. The standard InChI is InChI=1S/C19H16O/c1-2-7-16(8-3-1)9-6-14-20-19-13-12-17-10-4-5-11-18(17)15-19/h1-13,15H,14H2/b9-6+. The van der Waals surface area contributed by atoms with Crippen LogP contribution < -0.4 is 4.74 Å². The first kappa shape index (κ1) is 12.5. The van der Waals surface area contributed by atoms with Crippen LogP contribution in [-0.2, 0) is 0 Å². The summed E-state index contributed by atoms with van der Waals surface area (Å²) in [5.41, 5.74) is 1.19. The Labute approximate surface area is 119 Å². The first-order chi connectivity index (χ1) is 9.92. The van der Waals surface area contributed by atoms with Crippen molar-refractivity contribution in [2.24, 2.45) is 0 Å². The maximum absolute atomic E-state index is 5.75. The van der Waals surface area contributed by atoms with Gasteiger partial charge in [0.1, 0.15) is 12.4 Å². The molecule has 0 fully saturated rings. The molecule has 0 N–H and O–H groups in total. The van der Waals surface area contributed by atoms with Gasteiger partial charge in [-0.3, -0.25) is 0 Å². The first-order valence-electron chi connectivity index (χ1n) is 6.75. The molecule has 0 heterocycles. The molecule has 0 spiro atoms. The van der Waals surface area contributed by atoms with Crippen molar-refractivity contribution in [3.63, 3.8) is 0 Å². The van der Waals surface area contributed by atoms with Gasteiger partial charge in [0.25, 0.3) is 0 Å². The maximum atomic E-state index is 5.75. The van der Waals surface area contributed by atoms with Gasteiger partial charge in [-0.1, -0.05) is 66.7 Å². The van der Waals surface area contributed by atoms with Gasteiger partial charge in [0.2, 0.25) is 0 Å². The van der Waals surface area contributed by atoms with Crippen LogP contribution in [0.3, 0.4) is 0 Å². The second kappa shape index (κ2) is 6.07. The van der Waals surface area contributed by atoms with Crippen molar-refractivity contribution < 1.29 is 4.74 Å². The van der Waals surface area contributed by atoms with Crippen LogP contribution in [0.25, 0.3) is 16.8 Å². The third kappa shape index (κ3) is 3.07. The summed E-state index contributed by atoms with van der Waals surface area (Å²) in [7, 11) is 0. The Hall–Kier alpha value is -2.54. The van der Waals surface area contributed by atoms with E-state index < -0.39 is 0 Å². The van der Waals surface area contributed by atoms with Gasteiger partial charge >= 0.3 is 0 Å². The average Bonchev–Trinajstić information content (AvgIpc) is 2.52. The van der Waals surface area contributed by atoms with Crippen LogP contribution in [0.2, 0.25) is 0 Å². The smallest absolute Gasteiger partial charge is 0.120 e. The lowest BCUT2D eigenvalue weighted by Crippen LogP contribution is -1.92. The minimum Gasteiger partial charge on any atom is -0.490 e. The molecule has 0 unspecified atom stereocenters. The Morgan fingerprint density at radius 2 is 1.50 bits per heavy atom. The third-order valence-electron chi connectivity index (χ3n) is 3.18. The fourth-order valence-electron chi connectivity index (χ4n) is 2.15. The highest BCUT2D eigenvalue weighted by Gasteiger charge is 1.95. The zero-order valence-electron chi connectivity index (χ0n) is 11.2. The topological polar surface area (TPSA) is 9.23 Å². The van der Waals surface area contributed by atoms with Gasteiger partial charge in [-0.25, -0.2) is 0 Å². The van der Waals surface area contributed by atoms with Gasteiger partial charge in [0.15, 0.2) is 0 Å². The maximum Gasteiger partial charge on any atom is 0.120 e. The van der Waals surface area contributed by atoms with E-state index in [-0.39, 0.29) is 0 Å². The summed E-state index contributed by atoms with van der Waals surface area (Å²) in [5, 5.41) is 2.44. The summed E-state index contributed by atoms with van der Waals surface area (Å²) >= 11 is 0. The monoisotopic (exact) mass is 260 g/mol. The van der Waals surface area contributed by atoms with E-state index >= 15 is 0 Å². The molecule has 0 bridgehead atoms. The van der Waals surface area contributed by atoms with Crippen LogP contribution in [0, 0.1) is 0 Å². The SMILES string of the molecule is C(=C\c1ccccc1)/COc1ccc2ccccc2c1. The van der Waals surface area contributed by atoms with E-state index in [1.54, 1.807) is 0 Å².